The van der Waals surface area contributed by atoms with E-state index < -0.39 is 0 Å². The van der Waals surface area contributed by atoms with Crippen LogP contribution in [0.25, 0.3) is 0 Å². The number of aromatic nitrogens is 1. The molecule has 0 bridgehead atoms. The van der Waals surface area contributed by atoms with E-state index in [1.807, 2.05) is 35.9 Å². The summed E-state index contributed by atoms with van der Waals surface area (Å²) in [6, 6.07) is 8.50. The molecular formula is C20H25N3OS. The Bertz CT molecular complexity index is 734. The van der Waals surface area contributed by atoms with E-state index >= 15 is 0 Å². The van der Waals surface area contributed by atoms with E-state index in [1.54, 1.807) is 0 Å². The van der Waals surface area contributed by atoms with Gasteiger partial charge in [0.25, 0.3) is 0 Å². The summed E-state index contributed by atoms with van der Waals surface area (Å²) in [5, 5.41) is 0. The molecule has 2 saturated heterocycles. The van der Waals surface area contributed by atoms with Gasteiger partial charge in [-0.15, -0.1) is 11.3 Å². The van der Waals surface area contributed by atoms with Crippen molar-refractivity contribution in [3.63, 3.8) is 0 Å². The summed E-state index contributed by atoms with van der Waals surface area (Å²) in [6.07, 6.45) is 7.53. The molecule has 2 aromatic heterocycles. The standard InChI is InChI=1S/C20H25N3OS/c1-16-2-3-18(25-16)15-22-12-8-20(9-13-22)7-4-19(24)23(20)14-17-5-10-21-11-6-17/h2-3,5-6,10-11H,4,7-9,12-15H2,1H3. The lowest BCUT2D eigenvalue weighted by Gasteiger charge is -2.45. The van der Waals surface area contributed by atoms with Crippen LogP contribution in [0.3, 0.4) is 0 Å². The highest BCUT2D eigenvalue weighted by Crippen LogP contribution is 2.40. The lowest BCUT2D eigenvalue weighted by atomic mass is 9.84. The average Bonchev–Trinajstić information content (AvgIpc) is 3.17. The highest BCUT2D eigenvalue weighted by atomic mass is 32.1. The summed E-state index contributed by atoms with van der Waals surface area (Å²) >= 11 is 1.90. The predicted molar refractivity (Wildman–Crippen MR) is 100 cm³/mol. The fourth-order valence-electron chi connectivity index (χ4n) is 4.24. The first-order valence-corrected chi connectivity index (χ1v) is 9.93. The summed E-state index contributed by atoms with van der Waals surface area (Å²) in [5.74, 6) is 0.319. The first-order chi connectivity index (χ1) is 12.1. The highest BCUT2D eigenvalue weighted by molar-refractivity contribution is 7.11. The molecule has 4 nitrogen and oxygen atoms in total. The number of aryl methyl sites for hydroxylation is 1. The van der Waals surface area contributed by atoms with Gasteiger partial charge in [-0.3, -0.25) is 14.7 Å². The molecule has 132 valence electrons. The van der Waals surface area contributed by atoms with E-state index in [4.69, 9.17) is 0 Å². The van der Waals surface area contributed by atoms with Gasteiger partial charge in [0.2, 0.25) is 5.91 Å². The highest BCUT2D eigenvalue weighted by Gasteiger charge is 2.46. The van der Waals surface area contributed by atoms with Gasteiger partial charge < -0.3 is 4.90 Å². The zero-order valence-corrected chi connectivity index (χ0v) is 15.6. The molecule has 0 N–H and O–H groups in total. The Morgan fingerprint density at radius 1 is 1.08 bits per heavy atom. The lowest BCUT2D eigenvalue weighted by molar-refractivity contribution is -0.133. The van der Waals surface area contributed by atoms with Crippen molar-refractivity contribution in [2.24, 2.45) is 0 Å². The van der Waals surface area contributed by atoms with Crippen molar-refractivity contribution < 1.29 is 4.79 Å². The molecule has 1 amide bonds. The van der Waals surface area contributed by atoms with Crippen LogP contribution in [0.1, 0.15) is 41.0 Å². The largest absolute Gasteiger partial charge is 0.333 e. The number of thiophene rings is 1. The van der Waals surface area contributed by atoms with Gasteiger partial charge >= 0.3 is 0 Å². The fourth-order valence-corrected chi connectivity index (χ4v) is 5.17. The van der Waals surface area contributed by atoms with Crippen LogP contribution in [-0.2, 0) is 17.9 Å². The maximum Gasteiger partial charge on any atom is 0.223 e. The number of piperidine rings is 1. The Morgan fingerprint density at radius 3 is 2.52 bits per heavy atom. The number of pyridine rings is 1. The number of hydrogen-bond donors (Lipinski definition) is 0. The molecule has 2 aliphatic rings. The number of carbonyl (C=O) groups excluding carboxylic acids is 1. The first kappa shape index (κ1) is 16.7. The number of likely N-dealkylation sites (tertiary alicyclic amines) is 2. The van der Waals surface area contributed by atoms with Gasteiger partial charge in [0, 0.05) is 60.3 Å². The second-order valence-corrected chi connectivity index (χ2v) is 8.72. The number of rotatable bonds is 4. The Kier molecular flexibility index (Phi) is 4.61. The third-order valence-corrected chi connectivity index (χ3v) is 6.72. The van der Waals surface area contributed by atoms with Crippen LogP contribution in [0, 0.1) is 6.92 Å². The van der Waals surface area contributed by atoms with Crippen molar-refractivity contribution in [3.8, 4) is 0 Å². The van der Waals surface area contributed by atoms with Crippen molar-refractivity contribution >= 4 is 17.2 Å². The number of nitrogens with zero attached hydrogens (tertiary/aromatic N) is 3. The van der Waals surface area contributed by atoms with Crippen molar-refractivity contribution in [1.29, 1.82) is 0 Å². The molecular weight excluding hydrogens is 330 g/mol. The smallest absolute Gasteiger partial charge is 0.223 e. The second-order valence-electron chi connectivity index (χ2n) is 7.35. The third-order valence-electron chi connectivity index (χ3n) is 5.73. The summed E-state index contributed by atoms with van der Waals surface area (Å²) in [4.78, 5) is 24.1. The Hall–Kier alpha value is -1.72. The average molecular weight is 356 g/mol. The Balaban J connectivity index is 1.42. The van der Waals surface area contributed by atoms with Gasteiger partial charge in [0.05, 0.1) is 0 Å². The van der Waals surface area contributed by atoms with Gasteiger partial charge in [0.1, 0.15) is 0 Å². The van der Waals surface area contributed by atoms with Gasteiger partial charge in [-0.25, -0.2) is 0 Å². The molecule has 0 radical (unpaired) electrons. The van der Waals surface area contributed by atoms with Crippen LogP contribution >= 0.6 is 11.3 Å². The molecule has 2 aromatic rings. The maximum absolute atomic E-state index is 12.5. The topological polar surface area (TPSA) is 36.4 Å². The second kappa shape index (κ2) is 6.89. The molecule has 0 aliphatic carbocycles. The molecule has 4 rings (SSSR count). The monoisotopic (exact) mass is 355 g/mol. The summed E-state index contributed by atoms with van der Waals surface area (Å²) in [5.41, 5.74) is 1.25. The minimum absolute atomic E-state index is 0.0716. The van der Waals surface area contributed by atoms with Crippen molar-refractivity contribution in [2.45, 2.75) is 51.2 Å². The SMILES string of the molecule is Cc1ccc(CN2CCC3(CCC(=O)N3Cc3ccncc3)CC2)s1. The molecule has 0 unspecified atom stereocenters. The zero-order chi connectivity index (χ0) is 17.3. The molecule has 0 atom stereocenters. The van der Waals surface area contributed by atoms with Gasteiger partial charge in [0.15, 0.2) is 0 Å². The van der Waals surface area contributed by atoms with Crippen LogP contribution < -0.4 is 0 Å². The lowest BCUT2D eigenvalue weighted by Crippen LogP contribution is -2.52. The number of amides is 1. The van der Waals surface area contributed by atoms with E-state index in [1.165, 1.54) is 15.3 Å². The van der Waals surface area contributed by atoms with E-state index in [2.05, 4.69) is 33.8 Å². The Labute approximate surface area is 153 Å². The molecule has 0 saturated carbocycles. The first-order valence-electron chi connectivity index (χ1n) is 9.12. The number of carbonyl (C=O) groups is 1. The van der Waals surface area contributed by atoms with Crippen LogP contribution in [-0.4, -0.2) is 39.3 Å². The maximum atomic E-state index is 12.5. The van der Waals surface area contributed by atoms with E-state index in [0.29, 0.717) is 12.3 Å². The van der Waals surface area contributed by atoms with Crippen LogP contribution in [0.2, 0.25) is 0 Å². The molecule has 2 fully saturated rings. The minimum atomic E-state index is 0.0716. The minimum Gasteiger partial charge on any atom is -0.333 e. The van der Waals surface area contributed by atoms with Crippen LogP contribution in [0.4, 0.5) is 0 Å². The van der Waals surface area contributed by atoms with Gasteiger partial charge in [-0.2, -0.15) is 0 Å². The number of hydrogen-bond acceptors (Lipinski definition) is 4. The Morgan fingerprint density at radius 2 is 1.84 bits per heavy atom. The quantitative estimate of drug-likeness (QED) is 0.841. The normalized spacial score (nSPS) is 20.5. The van der Waals surface area contributed by atoms with E-state index in [-0.39, 0.29) is 5.54 Å². The predicted octanol–water partition coefficient (Wildman–Crippen LogP) is 3.61. The molecule has 0 aromatic carbocycles. The molecule has 5 heteroatoms. The van der Waals surface area contributed by atoms with E-state index in [9.17, 15) is 4.79 Å². The van der Waals surface area contributed by atoms with Crippen molar-refractivity contribution in [1.82, 2.24) is 14.8 Å². The fraction of sp³-hybridized carbons (Fsp3) is 0.500. The summed E-state index contributed by atoms with van der Waals surface area (Å²) < 4.78 is 0. The molecule has 4 heterocycles. The molecule has 25 heavy (non-hydrogen) atoms. The van der Waals surface area contributed by atoms with Crippen LogP contribution in [0.5, 0.6) is 0 Å². The van der Waals surface area contributed by atoms with Crippen molar-refractivity contribution in [3.05, 3.63) is 52.0 Å². The summed E-state index contributed by atoms with van der Waals surface area (Å²) in [7, 11) is 0. The van der Waals surface area contributed by atoms with E-state index in [0.717, 1.165) is 45.4 Å². The zero-order valence-electron chi connectivity index (χ0n) is 14.8. The molecule has 2 aliphatic heterocycles. The molecule has 1 spiro atoms. The third kappa shape index (κ3) is 3.48. The van der Waals surface area contributed by atoms with Crippen molar-refractivity contribution in [2.75, 3.05) is 13.1 Å². The van der Waals surface area contributed by atoms with Crippen LogP contribution in [0.15, 0.2) is 36.7 Å². The summed E-state index contributed by atoms with van der Waals surface area (Å²) in [6.45, 7) is 6.10. The van der Waals surface area contributed by atoms with Gasteiger partial charge in [-0.05, 0) is 56.0 Å². The van der Waals surface area contributed by atoms with Gasteiger partial charge in [-0.1, -0.05) is 0 Å².